The topological polar surface area (TPSA) is 88.9 Å². The zero-order chi connectivity index (χ0) is 24.0. The highest BCUT2D eigenvalue weighted by atomic mass is 32.1. The molecule has 0 saturated heterocycles. The number of tetrazole rings is 1. The van der Waals surface area contributed by atoms with Crippen molar-refractivity contribution in [3.05, 3.63) is 104 Å². The third-order valence-electron chi connectivity index (χ3n) is 5.91. The quantitative estimate of drug-likeness (QED) is 0.321. The minimum Gasteiger partial charge on any atom is -0.497 e. The van der Waals surface area contributed by atoms with E-state index in [0.29, 0.717) is 31.7 Å². The molecule has 0 unspecified atom stereocenters. The molecule has 8 nitrogen and oxygen atoms in total. The maximum Gasteiger partial charge on any atom is 0.252 e. The number of aromatic amines is 1. The van der Waals surface area contributed by atoms with E-state index in [-0.39, 0.29) is 5.56 Å². The fourth-order valence-electron chi connectivity index (χ4n) is 4.10. The van der Waals surface area contributed by atoms with Crippen molar-refractivity contribution in [1.29, 1.82) is 0 Å². The number of nitrogens with one attached hydrogen (secondary N) is 1. The molecule has 0 bridgehead atoms. The summed E-state index contributed by atoms with van der Waals surface area (Å²) >= 11 is 1.70. The smallest absolute Gasteiger partial charge is 0.252 e. The van der Waals surface area contributed by atoms with Crippen molar-refractivity contribution in [3.8, 4) is 5.75 Å². The van der Waals surface area contributed by atoms with Crippen molar-refractivity contribution in [2.45, 2.75) is 32.6 Å². The molecule has 5 rings (SSSR count). The van der Waals surface area contributed by atoms with E-state index in [1.165, 1.54) is 10.4 Å². The van der Waals surface area contributed by atoms with Gasteiger partial charge in [0.1, 0.15) is 5.75 Å². The molecule has 178 valence electrons. The number of benzene rings is 2. The van der Waals surface area contributed by atoms with E-state index in [0.717, 1.165) is 28.9 Å². The summed E-state index contributed by atoms with van der Waals surface area (Å²) in [5, 5.41) is 15.4. The van der Waals surface area contributed by atoms with Gasteiger partial charge in [0.2, 0.25) is 0 Å². The Hall–Kier alpha value is -3.82. The van der Waals surface area contributed by atoms with Crippen LogP contribution in [-0.4, -0.2) is 37.2 Å². The summed E-state index contributed by atoms with van der Waals surface area (Å²) in [6.07, 6.45) is 0.843. The lowest BCUT2D eigenvalue weighted by Gasteiger charge is -2.21. The van der Waals surface area contributed by atoms with Crippen LogP contribution in [0.2, 0.25) is 0 Å². The van der Waals surface area contributed by atoms with Gasteiger partial charge in [0.15, 0.2) is 5.82 Å². The van der Waals surface area contributed by atoms with Crippen molar-refractivity contribution in [2.24, 2.45) is 0 Å². The SMILES string of the molecule is COc1ccc2[nH]c(=O)c(CN(Cc3cccs3)Cc3nnnn3CCc3ccccc3)cc2c1. The van der Waals surface area contributed by atoms with Crippen LogP contribution in [0.1, 0.15) is 21.8 Å². The number of fused-ring (bicyclic) bond motifs is 1. The van der Waals surface area contributed by atoms with Crippen LogP contribution in [0.5, 0.6) is 5.75 Å². The van der Waals surface area contributed by atoms with Gasteiger partial charge in [-0.2, -0.15) is 0 Å². The maximum absolute atomic E-state index is 12.9. The second kappa shape index (κ2) is 10.6. The van der Waals surface area contributed by atoms with Crippen LogP contribution in [-0.2, 0) is 32.6 Å². The predicted octanol–water partition coefficient (Wildman–Crippen LogP) is 4.03. The van der Waals surface area contributed by atoms with E-state index in [9.17, 15) is 4.79 Å². The lowest BCUT2D eigenvalue weighted by Crippen LogP contribution is -2.28. The first-order chi connectivity index (χ1) is 17.2. The van der Waals surface area contributed by atoms with Gasteiger partial charge >= 0.3 is 0 Å². The van der Waals surface area contributed by atoms with Crippen LogP contribution in [0.4, 0.5) is 0 Å². The van der Waals surface area contributed by atoms with E-state index in [4.69, 9.17) is 4.74 Å². The largest absolute Gasteiger partial charge is 0.497 e. The molecule has 0 radical (unpaired) electrons. The van der Waals surface area contributed by atoms with Crippen LogP contribution < -0.4 is 10.3 Å². The summed E-state index contributed by atoms with van der Waals surface area (Å²) in [6, 6.07) is 22.0. The molecule has 3 heterocycles. The monoisotopic (exact) mass is 486 g/mol. The highest BCUT2D eigenvalue weighted by Gasteiger charge is 2.16. The van der Waals surface area contributed by atoms with Gasteiger partial charge in [-0.3, -0.25) is 9.69 Å². The van der Waals surface area contributed by atoms with Crippen molar-refractivity contribution < 1.29 is 4.74 Å². The summed E-state index contributed by atoms with van der Waals surface area (Å²) in [4.78, 5) is 19.3. The predicted molar refractivity (Wildman–Crippen MR) is 136 cm³/mol. The van der Waals surface area contributed by atoms with Crippen molar-refractivity contribution in [2.75, 3.05) is 7.11 Å². The lowest BCUT2D eigenvalue weighted by atomic mass is 10.1. The summed E-state index contributed by atoms with van der Waals surface area (Å²) in [5.74, 6) is 1.53. The first-order valence-corrected chi connectivity index (χ1v) is 12.3. The van der Waals surface area contributed by atoms with Crippen molar-refractivity contribution >= 4 is 22.2 Å². The fraction of sp³-hybridized carbons (Fsp3) is 0.231. The zero-order valence-electron chi connectivity index (χ0n) is 19.4. The van der Waals surface area contributed by atoms with Crippen molar-refractivity contribution in [3.63, 3.8) is 0 Å². The molecule has 9 heteroatoms. The van der Waals surface area contributed by atoms with Gasteiger partial charge in [-0.15, -0.1) is 16.4 Å². The Labute approximate surface area is 206 Å². The molecule has 0 aliphatic heterocycles. The van der Waals surface area contributed by atoms with E-state index in [1.807, 2.05) is 53.2 Å². The molecular formula is C26H26N6O2S. The average molecular weight is 487 g/mol. The lowest BCUT2D eigenvalue weighted by molar-refractivity contribution is 0.237. The number of H-pyrrole nitrogens is 1. The zero-order valence-corrected chi connectivity index (χ0v) is 20.2. The number of pyridine rings is 1. The summed E-state index contributed by atoms with van der Waals surface area (Å²) in [5.41, 5.74) is 2.62. The van der Waals surface area contributed by atoms with E-state index in [1.54, 1.807) is 18.4 Å². The highest BCUT2D eigenvalue weighted by Crippen LogP contribution is 2.21. The number of nitrogens with zero attached hydrogens (tertiary/aromatic N) is 5. The van der Waals surface area contributed by atoms with Gasteiger partial charge in [-0.1, -0.05) is 36.4 Å². The van der Waals surface area contributed by atoms with Gasteiger partial charge in [-0.25, -0.2) is 4.68 Å². The van der Waals surface area contributed by atoms with Gasteiger partial charge in [-0.05, 0) is 58.1 Å². The molecule has 0 saturated carbocycles. The van der Waals surface area contributed by atoms with E-state index >= 15 is 0 Å². The Bertz CT molecular complexity index is 1450. The molecule has 0 aliphatic carbocycles. The number of methoxy groups -OCH3 is 1. The van der Waals surface area contributed by atoms with Crippen molar-refractivity contribution in [1.82, 2.24) is 30.1 Å². The maximum atomic E-state index is 12.9. The third kappa shape index (κ3) is 5.64. The van der Waals surface area contributed by atoms with Crippen LogP contribution in [0.15, 0.2) is 76.9 Å². The Morgan fingerprint density at radius 2 is 1.91 bits per heavy atom. The molecule has 0 fully saturated rings. The Kier molecular flexibility index (Phi) is 6.97. The molecule has 2 aromatic carbocycles. The van der Waals surface area contributed by atoms with Gasteiger partial charge in [0.25, 0.3) is 5.56 Å². The Morgan fingerprint density at radius 1 is 1.03 bits per heavy atom. The molecule has 35 heavy (non-hydrogen) atoms. The minimum atomic E-state index is -0.0949. The molecule has 0 spiro atoms. The molecule has 0 atom stereocenters. The first kappa shape index (κ1) is 22.9. The number of hydrogen-bond acceptors (Lipinski definition) is 7. The second-order valence-electron chi connectivity index (χ2n) is 8.36. The second-order valence-corrected chi connectivity index (χ2v) is 9.39. The van der Waals surface area contributed by atoms with Crippen LogP contribution in [0.25, 0.3) is 10.9 Å². The fourth-order valence-corrected chi connectivity index (χ4v) is 4.84. The number of aromatic nitrogens is 5. The number of aryl methyl sites for hydroxylation is 2. The summed E-state index contributed by atoms with van der Waals surface area (Å²) < 4.78 is 7.21. The Morgan fingerprint density at radius 3 is 2.71 bits per heavy atom. The van der Waals surface area contributed by atoms with Crippen LogP contribution in [0.3, 0.4) is 0 Å². The van der Waals surface area contributed by atoms with Crippen LogP contribution in [0, 0.1) is 0 Å². The minimum absolute atomic E-state index is 0.0949. The average Bonchev–Trinajstić information content (AvgIpc) is 3.55. The summed E-state index contributed by atoms with van der Waals surface area (Å²) in [6.45, 7) is 2.37. The number of ether oxygens (including phenoxy) is 1. The number of hydrogen-bond donors (Lipinski definition) is 1. The third-order valence-corrected chi connectivity index (χ3v) is 6.77. The van der Waals surface area contributed by atoms with Gasteiger partial charge in [0.05, 0.1) is 13.7 Å². The van der Waals surface area contributed by atoms with Crippen LogP contribution >= 0.6 is 11.3 Å². The molecular weight excluding hydrogens is 460 g/mol. The standard InChI is InChI=1S/C26H26N6O2S/c1-34-22-9-10-24-20(15-22)14-21(26(33)27-24)16-31(17-23-8-5-13-35-23)18-25-28-29-30-32(25)12-11-19-6-3-2-4-7-19/h2-10,13-15H,11-12,16-18H2,1H3,(H,27,33). The Balaban J connectivity index is 1.39. The van der Waals surface area contributed by atoms with E-state index in [2.05, 4.69) is 49.0 Å². The molecule has 0 aliphatic rings. The molecule has 0 amide bonds. The first-order valence-electron chi connectivity index (χ1n) is 11.4. The van der Waals surface area contributed by atoms with E-state index < -0.39 is 0 Å². The number of rotatable bonds is 10. The van der Waals surface area contributed by atoms with Gasteiger partial charge in [0, 0.05) is 41.0 Å². The van der Waals surface area contributed by atoms with Gasteiger partial charge < -0.3 is 9.72 Å². The molecule has 3 aromatic heterocycles. The molecule has 5 aromatic rings. The highest BCUT2D eigenvalue weighted by molar-refractivity contribution is 7.09. The normalized spacial score (nSPS) is 11.4. The summed E-state index contributed by atoms with van der Waals surface area (Å²) in [7, 11) is 1.64. The number of thiophene rings is 1. The molecule has 1 N–H and O–H groups in total.